The molecule has 1 aliphatic heterocycles. The highest BCUT2D eigenvalue weighted by molar-refractivity contribution is 5.94. The maximum Gasteiger partial charge on any atom is 0.420 e. The van der Waals surface area contributed by atoms with Crippen LogP contribution < -0.4 is 4.90 Å². The number of hydrogen-bond donors (Lipinski definition) is 0. The molecule has 0 spiro atoms. The molecule has 1 fully saturated rings. The molecule has 3 rings (SSSR count). The molecule has 3 nitrogen and oxygen atoms in total. The van der Waals surface area contributed by atoms with E-state index >= 15 is 0 Å². The summed E-state index contributed by atoms with van der Waals surface area (Å²) >= 11 is 0. The Morgan fingerprint density at radius 3 is 2.15 bits per heavy atom. The van der Waals surface area contributed by atoms with Gasteiger partial charge in [-0.25, -0.2) is 4.79 Å². The van der Waals surface area contributed by atoms with E-state index in [1.54, 1.807) is 4.90 Å². The predicted octanol–water partition coefficient (Wildman–Crippen LogP) is 4.07. The minimum atomic E-state index is -0.695. The van der Waals surface area contributed by atoms with E-state index in [9.17, 15) is 4.79 Å². The number of cyclic esters (lactones) is 1. The average molecular weight is 265 g/mol. The van der Waals surface area contributed by atoms with Crippen molar-refractivity contribution in [3.05, 3.63) is 78.6 Å². The number of anilines is 1. The standard InChI is InChI=1S/C17H15NO2/c1-13-17(2,14-9-5-3-6-10-14)18(16(19)20-13)15-11-7-4-8-12-15/h3-12H,1H2,2H3. The van der Waals surface area contributed by atoms with Crippen LogP contribution in [-0.4, -0.2) is 6.09 Å². The first kappa shape index (κ1) is 12.5. The highest BCUT2D eigenvalue weighted by Gasteiger charge is 2.49. The van der Waals surface area contributed by atoms with E-state index in [1.165, 1.54) is 0 Å². The topological polar surface area (TPSA) is 29.5 Å². The molecule has 20 heavy (non-hydrogen) atoms. The Morgan fingerprint density at radius 2 is 1.55 bits per heavy atom. The molecule has 1 amide bonds. The van der Waals surface area contributed by atoms with Gasteiger partial charge >= 0.3 is 6.09 Å². The van der Waals surface area contributed by atoms with Crippen molar-refractivity contribution < 1.29 is 9.53 Å². The molecule has 2 aromatic rings. The zero-order chi connectivity index (χ0) is 14.2. The number of para-hydroxylation sites is 1. The molecule has 0 bridgehead atoms. The number of ether oxygens (including phenoxy) is 1. The van der Waals surface area contributed by atoms with Crippen LogP contribution in [0.3, 0.4) is 0 Å². The first-order valence-corrected chi connectivity index (χ1v) is 6.46. The van der Waals surface area contributed by atoms with Crippen molar-refractivity contribution in [1.29, 1.82) is 0 Å². The molecule has 1 heterocycles. The van der Waals surface area contributed by atoms with Gasteiger partial charge in [0.1, 0.15) is 11.3 Å². The molecule has 0 radical (unpaired) electrons. The lowest BCUT2D eigenvalue weighted by molar-refractivity contribution is 0.198. The third-order valence-corrected chi connectivity index (χ3v) is 3.73. The number of amides is 1. The summed E-state index contributed by atoms with van der Waals surface area (Å²) in [6.07, 6.45) is -0.396. The highest BCUT2D eigenvalue weighted by atomic mass is 16.6. The van der Waals surface area contributed by atoms with Crippen LogP contribution in [0, 0.1) is 0 Å². The number of rotatable bonds is 2. The van der Waals surface area contributed by atoms with Crippen molar-refractivity contribution in [1.82, 2.24) is 0 Å². The first-order chi connectivity index (χ1) is 9.64. The van der Waals surface area contributed by atoms with Crippen LogP contribution in [0.2, 0.25) is 0 Å². The summed E-state index contributed by atoms with van der Waals surface area (Å²) in [5.41, 5.74) is 1.07. The van der Waals surface area contributed by atoms with Crippen molar-refractivity contribution in [3.8, 4) is 0 Å². The van der Waals surface area contributed by atoms with E-state index in [-0.39, 0.29) is 0 Å². The summed E-state index contributed by atoms with van der Waals surface area (Å²) < 4.78 is 5.29. The fourth-order valence-electron chi connectivity index (χ4n) is 2.55. The summed E-state index contributed by atoms with van der Waals surface area (Å²) in [5, 5.41) is 0. The second-order valence-corrected chi connectivity index (χ2v) is 4.90. The zero-order valence-corrected chi connectivity index (χ0v) is 11.2. The molecule has 3 heteroatoms. The summed E-state index contributed by atoms with van der Waals surface area (Å²) in [4.78, 5) is 13.9. The zero-order valence-electron chi connectivity index (χ0n) is 11.2. The Bertz CT molecular complexity index is 651. The van der Waals surface area contributed by atoms with Gasteiger partial charge in [-0.3, -0.25) is 4.90 Å². The van der Waals surface area contributed by atoms with E-state index in [2.05, 4.69) is 6.58 Å². The maximum atomic E-state index is 12.2. The first-order valence-electron chi connectivity index (χ1n) is 6.46. The van der Waals surface area contributed by atoms with Crippen molar-refractivity contribution in [2.24, 2.45) is 0 Å². The van der Waals surface area contributed by atoms with E-state index in [0.717, 1.165) is 11.3 Å². The van der Waals surface area contributed by atoms with Gasteiger partial charge in [0.05, 0.1) is 0 Å². The fourth-order valence-corrected chi connectivity index (χ4v) is 2.55. The molecule has 0 N–H and O–H groups in total. The second kappa shape index (κ2) is 4.53. The molecular formula is C17H15NO2. The van der Waals surface area contributed by atoms with E-state index < -0.39 is 11.6 Å². The molecule has 2 aromatic carbocycles. The average Bonchev–Trinajstić information content (AvgIpc) is 2.72. The quantitative estimate of drug-likeness (QED) is 0.819. The predicted molar refractivity (Wildman–Crippen MR) is 78.3 cm³/mol. The SMILES string of the molecule is C=C1OC(=O)N(c2ccccc2)C1(C)c1ccccc1. The molecule has 1 saturated heterocycles. The van der Waals surface area contributed by atoms with Crippen molar-refractivity contribution >= 4 is 11.8 Å². The minimum Gasteiger partial charge on any atom is -0.412 e. The van der Waals surface area contributed by atoms with Crippen LogP contribution in [0.4, 0.5) is 10.5 Å². The lowest BCUT2D eigenvalue weighted by atomic mass is 9.89. The molecular weight excluding hydrogens is 250 g/mol. The Hall–Kier alpha value is -2.55. The molecule has 1 atom stereocenters. The van der Waals surface area contributed by atoms with Gasteiger partial charge in [0.2, 0.25) is 0 Å². The number of carbonyl (C=O) groups excluding carboxylic acids is 1. The maximum absolute atomic E-state index is 12.2. The molecule has 1 aliphatic rings. The monoisotopic (exact) mass is 265 g/mol. The van der Waals surface area contributed by atoms with Gasteiger partial charge in [-0.15, -0.1) is 0 Å². The van der Waals surface area contributed by atoms with Gasteiger partial charge < -0.3 is 4.74 Å². The minimum absolute atomic E-state index is 0.396. The van der Waals surface area contributed by atoms with Crippen LogP contribution in [0.1, 0.15) is 12.5 Å². The van der Waals surface area contributed by atoms with Crippen LogP contribution in [0.15, 0.2) is 73.0 Å². The third kappa shape index (κ3) is 1.71. The molecule has 1 unspecified atom stereocenters. The highest BCUT2D eigenvalue weighted by Crippen LogP contribution is 2.44. The van der Waals surface area contributed by atoms with Crippen LogP contribution in [0.5, 0.6) is 0 Å². The van der Waals surface area contributed by atoms with Gasteiger partial charge in [-0.05, 0) is 24.6 Å². The van der Waals surface area contributed by atoms with Gasteiger partial charge in [0.15, 0.2) is 0 Å². The second-order valence-electron chi connectivity index (χ2n) is 4.90. The Balaban J connectivity index is 2.16. The summed E-state index contributed by atoms with van der Waals surface area (Å²) in [7, 11) is 0. The number of hydrogen-bond acceptors (Lipinski definition) is 2. The Kier molecular flexibility index (Phi) is 2.83. The lowest BCUT2D eigenvalue weighted by Gasteiger charge is -2.32. The van der Waals surface area contributed by atoms with Crippen molar-refractivity contribution in [2.45, 2.75) is 12.5 Å². The summed E-state index contributed by atoms with van der Waals surface area (Å²) in [5.74, 6) is 0.442. The molecule has 0 aliphatic carbocycles. The summed E-state index contributed by atoms with van der Waals surface area (Å²) in [6.45, 7) is 5.87. The lowest BCUT2D eigenvalue weighted by Crippen LogP contribution is -2.41. The normalized spacial score (nSPS) is 21.9. The number of carbonyl (C=O) groups is 1. The summed E-state index contributed by atoms with van der Waals surface area (Å²) in [6, 6.07) is 19.3. The van der Waals surface area contributed by atoms with E-state index in [1.807, 2.05) is 67.6 Å². The van der Waals surface area contributed by atoms with E-state index in [4.69, 9.17) is 4.74 Å². The Labute approximate surface area is 118 Å². The molecule has 100 valence electrons. The number of benzene rings is 2. The van der Waals surface area contributed by atoms with Crippen LogP contribution in [-0.2, 0) is 10.3 Å². The molecule has 0 saturated carbocycles. The van der Waals surface area contributed by atoms with Crippen molar-refractivity contribution in [2.75, 3.05) is 4.90 Å². The third-order valence-electron chi connectivity index (χ3n) is 3.73. The largest absolute Gasteiger partial charge is 0.420 e. The van der Waals surface area contributed by atoms with Crippen LogP contribution in [0.25, 0.3) is 0 Å². The Morgan fingerprint density at radius 1 is 1.00 bits per heavy atom. The number of nitrogens with zero attached hydrogens (tertiary/aromatic N) is 1. The van der Waals surface area contributed by atoms with Gasteiger partial charge in [0, 0.05) is 5.69 Å². The van der Waals surface area contributed by atoms with Gasteiger partial charge in [0.25, 0.3) is 0 Å². The van der Waals surface area contributed by atoms with Gasteiger partial charge in [-0.1, -0.05) is 55.1 Å². The molecule has 0 aromatic heterocycles. The van der Waals surface area contributed by atoms with E-state index in [0.29, 0.717) is 5.76 Å². The van der Waals surface area contributed by atoms with Gasteiger partial charge in [-0.2, -0.15) is 0 Å². The smallest absolute Gasteiger partial charge is 0.412 e. The fraction of sp³-hybridized carbons (Fsp3) is 0.118. The van der Waals surface area contributed by atoms with Crippen molar-refractivity contribution in [3.63, 3.8) is 0 Å². The van der Waals surface area contributed by atoms with Crippen LogP contribution >= 0.6 is 0 Å².